The Hall–Kier alpha value is -1.36. The Bertz CT molecular complexity index is 547. The molecule has 0 radical (unpaired) electrons. The zero-order chi connectivity index (χ0) is 14.5. The standard InChI is InChI=1S/C15H25N3O2/c1-3-8-16-13-6-4-5-12(13)7-9-18-11-10-17(2)14(19)15(18)20/h10-13,16H,3-9H2,1-2H3. The van der Waals surface area contributed by atoms with Gasteiger partial charge in [-0.2, -0.15) is 0 Å². The molecular weight excluding hydrogens is 254 g/mol. The van der Waals surface area contributed by atoms with Crippen molar-refractivity contribution >= 4 is 0 Å². The number of hydrogen-bond acceptors (Lipinski definition) is 3. The summed E-state index contributed by atoms with van der Waals surface area (Å²) in [6.07, 6.45) is 9.21. The highest BCUT2D eigenvalue weighted by molar-refractivity contribution is 4.87. The highest BCUT2D eigenvalue weighted by Crippen LogP contribution is 2.28. The van der Waals surface area contributed by atoms with Crippen molar-refractivity contribution in [2.75, 3.05) is 6.54 Å². The van der Waals surface area contributed by atoms with Gasteiger partial charge in [-0.05, 0) is 38.1 Å². The summed E-state index contributed by atoms with van der Waals surface area (Å²) in [5.74, 6) is 0.623. The second kappa shape index (κ2) is 6.88. The lowest BCUT2D eigenvalue weighted by Gasteiger charge is -2.21. The molecular formula is C15H25N3O2. The molecule has 0 aliphatic heterocycles. The first-order valence-corrected chi connectivity index (χ1v) is 7.63. The number of hydrogen-bond donors (Lipinski definition) is 1. The monoisotopic (exact) mass is 279 g/mol. The second-order valence-electron chi connectivity index (χ2n) is 5.75. The Morgan fingerprint density at radius 3 is 2.80 bits per heavy atom. The van der Waals surface area contributed by atoms with Crippen molar-refractivity contribution in [2.24, 2.45) is 13.0 Å². The molecule has 2 rings (SSSR count). The van der Waals surface area contributed by atoms with Crippen LogP contribution in [0.25, 0.3) is 0 Å². The molecule has 1 aromatic rings. The van der Waals surface area contributed by atoms with E-state index in [1.807, 2.05) is 0 Å². The van der Waals surface area contributed by atoms with Gasteiger partial charge in [-0.25, -0.2) is 0 Å². The van der Waals surface area contributed by atoms with Gasteiger partial charge in [-0.1, -0.05) is 13.3 Å². The first-order chi connectivity index (χ1) is 9.63. The maximum Gasteiger partial charge on any atom is 0.316 e. The van der Waals surface area contributed by atoms with Gasteiger partial charge in [0.25, 0.3) is 0 Å². The van der Waals surface area contributed by atoms with Crippen molar-refractivity contribution in [1.82, 2.24) is 14.5 Å². The predicted octanol–water partition coefficient (Wildman–Crippen LogP) is 1.11. The molecule has 1 saturated carbocycles. The fraction of sp³-hybridized carbons (Fsp3) is 0.733. The maximum absolute atomic E-state index is 11.9. The van der Waals surface area contributed by atoms with Crippen LogP contribution in [0.15, 0.2) is 22.0 Å². The van der Waals surface area contributed by atoms with Crippen LogP contribution in [0.5, 0.6) is 0 Å². The Kier molecular flexibility index (Phi) is 5.17. The molecule has 2 atom stereocenters. The highest BCUT2D eigenvalue weighted by atomic mass is 16.2. The molecule has 112 valence electrons. The quantitative estimate of drug-likeness (QED) is 0.794. The number of nitrogens with zero attached hydrogens (tertiary/aromatic N) is 2. The van der Waals surface area contributed by atoms with E-state index in [1.54, 1.807) is 24.0 Å². The first-order valence-electron chi connectivity index (χ1n) is 7.63. The third-order valence-corrected chi connectivity index (χ3v) is 4.29. The Balaban J connectivity index is 1.96. The molecule has 0 amide bonds. The summed E-state index contributed by atoms with van der Waals surface area (Å²) in [7, 11) is 1.61. The summed E-state index contributed by atoms with van der Waals surface area (Å²) in [6.45, 7) is 3.88. The van der Waals surface area contributed by atoms with Crippen LogP contribution in [0.3, 0.4) is 0 Å². The van der Waals surface area contributed by atoms with Gasteiger partial charge in [0.2, 0.25) is 0 Å². The third kappa shape index (κ3) is 3.39. The van der Waals surface area contributed by atoms with E-state index in [1.165, 1.54) is 23.8 Å². The Morgan fingerprint density at radius 1 is 1.25 bits per heavy atom. The van der Waals surface area contributed by atoms with E-state index >= 15 is 0 Å². The second-order valence-corrected chi connectivity index (χ2v) is 5.75. The van der Waals surface area contributed by atoms with Crippen LogP contribution in [-0.4, -0.2) is 21.7 Å². The maximum atomic E-state index is 11.9. The normalized spacial score (nSPS) is 22.3. The van der Waals surface area contributed by atoms with Gasteiger partial charge in [-0.3, -0.25) is 9.59 Å². The SMILES string of the molecule is CCCNC1CCCC1CCn1ccn(C)c(=O)c1=O. The molecule has 20 heavy (non-hydrogen) atoms. The van der Waals surface area contributed by atoms with Crippen molar-refractivity contribution in [3.05, 3.63) is 33.1 Å². The predicted molar refractivity (Wildman–Crippen MR) is 80.0 cm³/mol. The molecule has 5 nitrogen and oxygen atoms in total. The van der Waals surface area contributed by atoms with Crippen molar-refractivity contribution in [2.45, 2.75) is 51.6 Å². The lowest BCUT2D eigenvalue weighted by molar-refractivity contribution is 0.358. The fourth-order valence-corrected chi connectivity index (χ4v) is 3.05. The summed E-state index contributed by atoms with van der Waals surface area (Å²) >= 11 is 0. The molecule has 0 aromatic carbocycles. The zero-order valence-electron chi connectivity index (χ0n) is 12.5. The van der Waals surface area contributed by atoms with Crippen molar-refractivity contribution < 1.29 is 0 Å². The molecule has 0 spiro atoms. The van der Waals surface area contributed by atoms with Crippen LogP contribution < -0.4 is 16.4 Å². The molecule has 1 heterocycles. The average molecular weight is 279 g/mol. The van der Waals surface area contributed by atoms with Gasteiger partial charge >= 0.3 is 11.1 Å². The summed E-state index contributed by atoms with van der Waals surface area (Å²) in [5.41, 5.74) is -0.856. The van der Waals surface area contributed by atoms with Crippen molar-refractivity contribution in [3.63, 3.8) is 0 Å². The van der Waals surface area contributed by atoms with E-state index in [9.17, 15) is 9.59 Å². The van der Waals surface area contributed by atoms with Gasteiger partial charge in [0.05, 0.1) is 0 Å². The summed E-state index contributed by atoms with van der Waals surface area (Å²) in [5, 5.41) is 3.60. The smallest absolute Gasteiger partial charge is 0.314 e. The largest absolute Gasteiger partial charge is 0.316 e. The fourth-order valence-electron chi connectivity index (χ4n) is 3.05. The molecule has 0 bridgehead atoms. The molecule has 1 aliphatic rings. The molecule has 5 heteroatoms. The van der Waals surface area contributed by atoms with Crippen LogP contribution in [0.2, 0.25) is 0 Å². The molecule has 1 fully saturated rings. The van der Waals surface area contributed by atoms with E-state index < -0.39 is 11.1 Å². The Morgan fingerprint density at radius 2 is 2.05 bits per heavy atom. The van der Waals surface area contributed by atoms with Gasteiger partial charge in [0.15, 0.2) is 0 Å². The summed E-state index contributed by atoms with van der Waals surface area (Å²) < 4.78 is 2.89. The van der Waals surface area contributed by atoms with Gasteiger partial charge < -0.3 is 14.5 Å². The molecule has 0 saturated heterocycles. The van der Waals surface area contributed by atoms with Gasteiger partial charge in [0, 0.05) is 32.0 Å². The number of rotatable bonds is 6. The van der Waals surface area contributed by atoms with E-state index in [0.717, 1.165) is 19.4 Å². The Labute approximate surface area is 119 Å². The van der Waals surface area contributed by atoms with Crippen LogP contribution >= 0.6 is 0 Å². The van der Waals surface area contributed by atoms with Crippen molar-refractivity contribution in [3.8, 4) is 0 Å². The van der Waals surface area contributed by atoms with E-state index in [4.69, 9.17) is 0 Å². The van der Waals surface area contributed by atoms with Crippen LogP contribution in [0.4, 0.5) is 0 Å². The van der Waals surface area contributed by atoms with Crippen LogP contribution in [-0.2, 0) is 13.6 Å². The van der Waals surface area contributed by atoms with Gasteiger partial charge in [0.1, 0.15) is 0 Å². The lowest BCUT2D eigenvalue weighted by atomic mass is 9.99. The zero-order valence-corrected chi connectivity index (χ0v) is 12.5. The van der Waals surface area contributed by atoms with E-state index in [2.05, 4.69) is 12.2 Å². The summed E-state index contributed by atoms with van der Waals surface area (Å²) in [6, 6.07) is 0.581. The number of nitrogens with one attached hydrogen (secondary N) is 1. The van der Waals surface area contributed by atoms with Crippen LogP contribution in [0, 0.1) is 5.92 Å². The van der Waals surface area contributed by atoms with Crippen LogP contribution in [0.1, 0.15) is 39.0 Å². The van der Waals surface area contributed by atoms with Gasteiger partial charge in [-0.15, -0.1) is 0 Å². The minimum atomic E-state index is -0.445. The number of aromatic nitrogens is 2. The van der Waals surface area contributed by atoms with E-state index in [0.29, 0.717) is 18.5 Å². The average Bonchev–Trinajstić information content (AvgIpc) is 2.89. The lowest BCUT2D eigenvalue weighted by Crippen LogP contribution is -2.40. The first kappa shape index (κ1) is 15.0. The molecule has 1 N–H and O–H groups in total. The molecule has 1 aliphatic carbocycles. The highest BCUT2D eigenvalue weighted by Gasteiger charge is 2.26. The topological polar surface area (TPSA) is 56.0 Å². The van der Waals surface area contributed by atoms with E-state index in [-0.39, 0.29) is 0 Å². The minimum Gasteiger partial charge on any atom is -0.314 e. The molecule has 2 unspecified atom stereocenters. The summed E-state index contributed by atoms with van der Waals surface area (Å²) in [4.78, 5) is 23.5. The third-order valence-electron chi connectivity index (χ3n) is 4.29. The molecule has 1 aromatic heterocycles. The minimum absolute atomic E-state index is 0.411. The van der Waals surface area contributed by atoms with Crippen molar-refractivity contribution in [1.29, 1.82) is 0 Å². The number of aryl methyl sites for hydroxylation is 2.